The Labute approximate surface area is 125 Å². The van der Waals surface area contributed by atoms with Gasteiger partial charge in [0.15, 0.2) is 0 Å². The van der Waals surface area contributed by atoms with Crippen LogP contribution in [0.25, 0.3) is 0 Å². The topological polar surface area (TPSA) is 72.7 Å². The van der Waals surface area contributed by atoms with E-state index in [4.69, 9.17) is 0 Å². The van der Waals surface area contributed by atoms with Gasteiger partial charge in [0.25, 0.3) is 0 Å². The molecule has 6 nitrogen and oxygen atoms in total. The van der Waals surface area contributed by atoms with Gasteiger partial charge in [-0.15, -0.1) is 5.10 Å². The van der Waals surface area contributed by atoms with Gasteiger partial charge in [0.05, 0.1) is 5.75 Å². The first-order valence-electron chi connectivity index (χ1n) is 6.93. The summed E-state index contributed by atoms with van der Waals surface area (Å²) in [4.78, 5) is 11.7. The minimum Gasteiger partial charge on any atom is -0.355 e. The molecule has 7 heteroatoms. The minimum atomic E-state index is 0.0262. The normalized spacial score (nSPS) is 11.9. The Morgan fingerprint density at radius 1 is 1.40 bits per heavy atom. The Morgan fingerprint density at radius 2 is 2.10 bits per heavy atom. The Kier molecular flexibility index (Phi) is 6.45. The van der Waals surface area contributed by atoms with Crippen LogP contribution in [0.5, 0.6) is 0 Å². The molecule has 1 N–H and O–H groups in total. The standard InChI is InChI=1S/C13H25N5OS/c1-10(2)8-18-12(15-16-17-18)20-9-11(19)14-7-6-13(3,4)5/h10H,6-9H2,1-5H3,(H,14,19). The van der Waals surface area contributed by atoms with Crippen LogP contribution in [0.3, 0.4) is 0 Å². The molecular formula is C13H25N5OS. The number of thioether (sulfide) groups is 1. The zero-order chi connectivity index (χ0) is 15.2. The fourth-order valence-corrected chi connectivity index (χ4v) is 2.23. The third-order valence-corrected chi connectivity index (χ3v) is 3.52. The van der Waals surface area contributed by atoms with E-state index in [2.05, 4.69) is 55.5 Å². The molecule has 0 radical (unpaired) electrons. The van der Waals surface area contributed by atoms with E-state index in [1.54, 1.807) is 4.68 Å². The SMILES string of the molecule is CC(C)Cn1nnnc1SCC(=O)NCCC(C)(C)C. The summed E-state index contributed by atoms with van der Waals surface area (Å²) in [5, 5.41) is 15.2. The lowest BCUT2D eigenvalue weighted by atomic mass is 9.92. The summed E-state index contributed by atoms with van der Waals surface area (Å²) >= 11 is 1.38. The number of rotatable bonds is 7. The molecule has 0 bridgehead atoms. The first-order chi connectivity index (χ1) is 9.28. The molecule has 1 aromatic heterocycles. The predicted octanol–water partition coefficient (Wildman–Crippen LogP) is 1.97. The van der Waals surface area contributed by atoms with Gasteiger partial charge in [0.1, 0.15) is 0 Å². The summed E-state index contributed by atoms with van der Waals surface area (Å²) < 4.78 is 1.75. The number of amides is 1. The second-order valence-electron chi connectivity index (χ2n) is 6.49. The fourth-order valence-electron chi connectivity index (χ4n) is 1.52. The second kappa shape index (κ2) is 7.61. The van der Waals surface area contributed by atoms with Crippen molar-refractivity contribution < 1.29 is 4.79 Å². The largest absolute Gasteiger partial charge is 0.355 e. The summed E-state index contributed by atoms with van der Waals surface area (Å²) in [6, 6.07) is 0. The zero-order valence-electron chi connectivity index (χ0n) is 13.0. The molecule has 0 saturated heterocycles. The summed E-state index contributed by atoms with van der Waals surface area (Å²) in [7, 11) is 0. The lowest BCUT2D eigenvalue weighted by Crippen LogP contribution is -2.28. The van der Waals surface area contributed by atoms with Gasteiger partial charge < -0.3 is 5.32 Å². The van der Waals surface area contributed by atoms with Crippen LogP contribution in [0.1, 0.15) is 41.0 Å². The maximum absolute atomic E-state index is 11.7. The monoisotopic (exact) mass is 299 g/mol. The quantitative estimate of drug-likeness (QED) is 0.779. The van der Waals surface area contributed by atoms with Crippen LogP contribution in [0.4, 0.5) is 0 Å². The summed E-state index contributed by atoms with van der Waals surface area (Å²) in [6.07, 6.45) is 0.967. The molecule has 0 unspecified atom stereocenters. The van der Waals surface area contributed by atoms with E-state index in [1.165, 1.54) is 11.8 Å². The molecule has 1 amide bonds. The van der Waals surface area contributed by atoms with E-state index in [1.807, 2.05) is 0 Å². The van der Waals surface area contributed by atoms with Gasteiger partial charge in [-0.3, -0.25) is 4.79 Å². The number of hydrogen-bond acceptors (Lipinski definition) is 5. The molecule has 1 rings (SSSR count). The van der Waals surface area contributed by atoms with Crippen LogP contribution in [0.2, 0.25) is 0 Å². The van der Waals surface area contributed by atoms with Crippen LogP contribution >= 0.6 is 11.8 Å². The number of nitrogens with one attached hydrogen (secondary N) is 1. The van der Waals surface area contributed by atoms with Crippen LogP contribution in [-0.4, -0.2) is 38.4 Å². The van der Waals surface area contributed by atoms with Crippen molar-refractivity contribution in [2.75, 3.05) is 12.3 Å². The van der Waals surface area contributed by atoms with E-state index < -0.39 is 0 Å². The van der Waals surface area contributed by atoms with Crippen molar-refractivity contribution in [3.05, 3.63) is 0 Å². The molecule has 0 saturated carbocycles. The van der Waals surface area contributed by atoms with Gasteiger partial charge in [-0.25, -0.2) is 4.68 Å². The number of carbonyl (C=O) groups excluding carboxylic acids is 1. The lowest BCUT2D eigenvalue weighted by Gasteiger charge is -2.17. The molecule has 0 atom stereocenters. The van der Waals surface area contributed by atoms with Gasteiger partial charge in [-0.05, 0) is 28.2 Å². The van der Waals surface area contributed by atoms with Crippen molar-refractivity contribution in [3.8, 4) is 0 Å². The van der Waals surface area contributed by atoms with E-state index in [0.717, 1.165) is 13.0 Å². The van der Waals surface area contributed by atoms with Crippen molar-refractivity contribution in [1.29, 1.82) is 0 Å². The van der Waals surface area contributed by atoms with Crippen LogP contribution in [0.15, 0.2) is 5.16 Å². The lowest BCUT2D eigenvalue weighted by molar-refractivity contribution is -0.118. The number of tetrazole rings is 1. The average Bonchev–Trinajstić information content (AvgIpc) is 2.71. The van der Waals surface area contributed by atoms with Crippen molar-refractivity contribution in [2.45, 2.75) is 52.7 Å². The number of hydrogen-bond donors (Lipinski definition) is 1. The summed E-state index contributed by atoms with van der Waals surface area (Å²) in [5.74, 6) is 0.847. The van der Waals surface area contributed by atoms with Gasteiger partial charge in [0, 0.05) is 13.1 Å². The van der Waals surface area contributed by atoms with Gasteiger partial charge in [0.2, 0.25) is 11.1 Å². The first kappa shape index (κ1) is 16.9. The maximum atomic E-state index is 11.7. The molecule has 0 spiro atoms. The molecule has 1 aromatic rings. The van der Waals surface area contributed by atoms with E-state index in [9.17, 15) is 4.79 Å². The maximum Gasteiger partial charge on any atom is 0.230 e. The fraction of sp³-hybridized carbons (Fsp3) is 0.846. The van der Waals surface area contributed by atoms with E-state index >= 15 is 0 Å². The zero-order valence-corrected chi connectivity index (χ0v) is 13.8. The minimum absolute atomic E-state index is 0.0262. The molecule has 0 aliphatic rings. The summed E-state index contributed by atoms with van der Waals surface area (Å²) in [6.45, 7) is 12.2. The van der Waals surface area contributed by atoms with Gasteiger partial charge in [-0.1, -0.05) is 46.4 Å². The summed E-state index contributed by atoms with van der Waals surface area (Å²) in [5.41, 5.74) is 0.238. The Morgan fingerprint density at radius 3 is 2.70 bits per heavy atom. The van der Waals surface area contributed by atoms with Gasteiger partial charge in [-0.2, -0.15) is 0 Å². The highest BCUT2D eigenvalue weighted by molar-refractivity contribution is 7.99. The number of carbonyl (C=O) groups is 1. The smallest absolute Gasteiger partial charge is 0.230 e. The second-order valence-corrected chi connectivity index (χ2v) is 7.43. The van der Waals surface area contributed by atoms with Crippen LogP contribution in [0, 0.1) is 11.3 Å². The highest BCUT2D eigenvalue weighted by atomic mass is 32.2. The first-order valence-corrected chi connectivity index (χ1v) is 7.92. The molecule has 0 fully saturated rings. The number of aromatic nitrogens is 4. The molecule has 114 valence electrons. The molecule has 20 heavy (non-hydrogen) atoms. The molecule has 1 heterocycles. The van der Waals surface area contributed by atoms with Crippen molar-refractivity contribution in [2.24, 2.45) is 11.3 Å². The van der Waals surface area contributed by atoms with Crippen molar-refractivity contribution in [1.82, 2.24) is 25.5 Å². The Balaban J connectivity index is 2.32. The third-order valence-electron chi connectivity index (χ3n) is 2.57. The Hall–Kier alpha value is -1.11. The average molecular weight is 299 g/mol. The molecule has 0 aliphatic carbocycles. The van der Waals surface area contributed by atoms with E-state index in [0.29, 0.717) is 23.4 Å². The van der Waals surface area contributed by atoms with Crippen molar-refractivity contribution in [3.63, 3.8) is 0 Å². The van der Waals surface area contributed by atoms with E-state index in [-0.39, 0.29) is 11.3 Å². The highest BCUT2D eigenvalue weighted by Gasteiger charge is 2.13. The Bertz CT molecular complexity index is 425. The van der Waals surface area contributed by atoms with Crippen LogP contribution < -0.4 is 5.32 Å². The molecule has 0 aliphatic heterocycles. The van der Waals surface area contributed by atoms with Gasteiger partial charge >= 0.3 is 0 Å². The highest BCUT2D eigenvalue weighted by Crippen LogP contribution is 2.17. The molecule has 0 aromatic carbocycles. The predicted molar refractivity (Wildman–Crippen MR) is 80.5 cm³/mol. The molecular weight excluding hydrogens is 274 g/mol. The third kappa shape index (κ3) is 6.88. The van der Waals surface area contributed by atoms with Crippen LogP contribution in [-0.2, 0) is 11.3 Å². The number of nitrogens with zero attached hydrogens (tertiary/aromatic N) is 4. The van der Waals surface area contributed by atoms with Crippen molar-refractivity contribution >= 4 is 17.7 Å².